The van der Waals surface area contributed by atoms with Crippen molar-refractivity contribution in [1.82, 2.24) is 4.57 Å². The van der Waals surface area contributed by atoms with E-state index in [1.165, 1.54) is 13.0 Å². The highest BCUT2D eigenvalue weighted by atomic mass is 79.9. The van der Waals surface area contributed by atoms with Crippen molar-refractivity contribution in [2.75, 3.05) is 28.6 Å². The lowest BCUT2D eigenvalue weighted by Crippen LogP contribution is -2.32. The number of alkyl halides is 3. The van der Waals surface area contributed by atoms with E-state index < -0.39 is 43.0 Å². The maximum absolute atomic E-state index is 13.6. The Bertz CT molecular complexity index is 1900. The third-order valence-electron chi connectivity index (χ3n) is 7.59. The van der Waals surface area contributed by atoms with Crippen molar-refractivity contribution in [3.8, 4) is 0 Å². The number of hydrogen-bond acceptors (Lipinski definition) is 6. The summed E-state index contributed by atoms with van der Waals surface area (Å²) in [6, 6.07) is 6.92. The van der Waals surface area contributed by atoms with Crippen molar-refractivity contribution >= 4 is 76.3 Å². The maximum Gasteiger partial charge on any atom is 0.416 e. The second-order valence-electron chi connectivity index (χ2n) is 10.6. The Morgan fingerprint density at radius 1 is 1.07 bits per heavy atom. The molecule has 0 saturated carbocycles. The first-order chi connectivity index (χ1) is 20.8. The molecule has 4 rings (SSSR count). The molecular weight excluding hydrogens is 725 g/mol. The summed E-state index contributed by atoms with van der Waals surface area (Å²) in [5.74, 6) is 0.560. The van der Waals surface area contributed by atoms with Crippen LogP contribution in [0.25, 0.3) is 17.1 Å². The summed E-state index contributed by atoms with van der Waals surface area (Å²) in [4.78, 5) is 3.86. The van der Waals surface area contributed by atoms with Crippen LogP contribution >= 0.6 is 27.5 Å². The summed E-state index contributed by atoms with van der Waals surface area (Å²) >= 11 is 9.84. The van der Waals surface area contributed by atoms with Gasteiger partial charge in [0, 0.05) is 36.1 Å². The SMILES string of the molecule is CCN1C(=CC=Cc2n(CCCS(=O)(=O)O)c3cc(C(F)(F)F)ccc3[n+]2C)N(CCC(C)S(=O)(=O)O)c2cc(Br)c(Cl)cc21. The van der Waals surface area contributed by atoms with E-state index in [2.05, 4.69) is 15.9 Å². The summed E-state index contributed by atoms with van der Waals surface area (Å²) in [6.45, 7) is 4.08. The van der Waals surface area contributed by atoms with Crippen LogP contribution in [0.5, 0.6) is 0 Å². The minimum atomic E-state index is -4.59. The zero-order valence-electron chi connectivity index (χ0n) is 24.5. The quantitative estimate of drug-likeness (QED) is 0.179. The minimum absolute atomic E-state index is 0.00733. The average molecular weight is 757 g/mol. The smallest absolute Gasteiger partial charge is 0.326 e. The Morgan fingerprint density at radius 3 is 2.33 bits per heavy atom. The van der Waals surface area contributed by atoms with E-state index in [1.807, 2.05) is 22.8 Å². The number of anilines is 2. The molecule has 0 bridgehead atoms. The number of imidazole rings is 1. The molecule has 0 saturated heterocycles. The monoisotopic (exact) mass is 755 g/mol. The number of aromatic nitrogens is 2. The number of allylic oxidation sites excluding steroid dienone is 2. The van der Waals surface area contributed by atoms with Crippen LogP contribution in [-0.2, 0) is 40.0 Å². The van der Waals surface area contributed by atoms with Gasteiger partial charge in [-0.05, 0) is 66.5 Å². The van der Waals surface area contributed by atoms with Gasteiger partial charge in [-0.15, -0.1) is 0 Å². The molecule has 10 nitrogen and oxygen atoms in total. The van der Waals surface area contributed by atoms with E-state index >= 15 is 0 Å². The fraction of sp³-hybridized carbons (Fsp3) is 0.393. The van der Waals surface area contributed by atoms with Crippen LogP contribution in [0.3, 0.4) is 0 Å². The van der Waals surface area contributed by atoms with E-state index in [4.69, 9.17) is 11.6 Å². The Balaban J connectivity index is 1.80. The molecule has 0 spiro atoms. The van der Waals surface area contributed by atoms with E-state index in [9.17, 15) is 39.1 Å². The van der Waals surface area contributed by atoms with Crippen molar-refractivity contribution in [2.24, 2.45) is 7.05 Å². The summed E-state index contributed by atoms with van der Waals surface area (Å²) < 4.78 is 109. The number of benzene rings is 2. The van der Waals surface area contributed by atoms with Crippen molar-refractivity contribution in [3.05, 3.63) is 69.2 Å². The molecule has 1 aromatic heterocycles. The summed E-state index contributed by atoms with van der Waals surface area (Å²) in [7, 11) is -6.87. The van der Waals surface area contributed by atoms with Crippen LogP contribution in [0.4, 0.5) is 24.5 Å². The van der Waals surface area contributed by atoms with E-state index in [0.717, 1.165) is 23.5 Å². The van der Waals surface area contributed by atoms with E-state index in [0.29, 0.717) is 33.2 Å². The molecule has 0 aliphatic carbocycles. The highest BCUT2D eigenvalue weighted by Crippen LogP contribution is 2.45. The molecule has 45 heavy (non-hydrogen) atoms. The second kappa shape index (κ2) is 13.2. The summed E-state index contributed by atoms with van der Waals surface area (Å²) in [5.41, 5.74) is 1.38. The minimum Gasteiger partial charge on any atom is -0.326 e. The Hall–Kier alpha value is -2.63. The summed E-state index contributed by atoms with van der Waals surface area (Å²) in [6.07, 6.45) is 0.603. The molecule has 2 heterocycles. The predicted molar refractivity (Wildman–Crippen MR) is 171 cm³/mol. The highest BCUT2D eigenvalue weighted by Gasteiger charge is 2.34. The lowest BCUT2D eigenvalue weighted by atomic mass is 10.2. The Labute approximate surface area is 273 Å². The van der Waals surface area contributed by atoms with E-state index in [-0.39, 0.29) is 31.4 Å². The van der Waals surface area contributed by atoms with Gasteiger partial charge in [0.1, 0.15) is 5.82 Å². The van der Waals surface area contributed by atoms with Gasteiger partial charge in [-0.2, -0.15) is 30.0 Å². The normalized spacial score (nSPS) is 16.0. The summed E-state index contributed by atoms with van der Waals surface area (Å²) in [5, 5.41) is -0.557. The van der Waals surface area contributed by atoms with Crippen molar-refractivity contribution in [2.45, 2.75) is 44.7 Å². The molecule has 0 radical (unpaired) electrons. The topological polar surface area (TPSA) is 124 Å². The maximum atomic E-state index is 13.6. The fourth-order valence-electron chi connectivity index (χ4n) is 5.25. The molecule has 1 unspecified atom stereocenters. The van der Waals surface area contributed by atoms with Crippen LogP contribution in [0.15, 0.2) is 52.8 Å². The van der Waals surface area contributed by atoms with Gasteiger partial charge in [0.25, 0.3) is 26.1 Å². The van der Waals surface area contributed by atoms with Crippen molar-refractivity contribution in [1.29, 1.82) is 0 Å². The molecule has 246 valence electrons. The fourth-order valence-corrected chi connectivity index (χ4v) is 6.63. The van der Waals surface area contributed by atoms with Gasteiger partial charge in [-0.3, -0.25) is 9.11 Å². The third kappa shape index (κ3) is 7.85. The Morgan fingerprint density at radius 2 is 1.73 bits per heavy atom. The van der Waals surface area contributed by atoms with Crippen LogP contribution in [0.1, 0.15) is 38.1 Å². The molecule has 1 aliphatic heterocycles. The van der Waals surface area contributed by atoms with Gasteiger partial charge in [-0.1, -0.05) is 17.7 Å². The standard InChI is InChI=1S/C28H31BrClF3N4O6S2/c1-4-35-25-17-21(30)20(29)16-24(25)37(13-11-18(2)45(41,42)43)27(35)8-5-7-26-34(3)22-10-9-19(28(31,32)33)15-23(22)36(26)12-6-14-44(38,39)40/h5,7-10,15-18H,4,6,11-14H2,1-3H3,(H-,38,39,40,41,42,43)/p+1. The molecule has 2 N–H and O–H groups in total. The first kappa shape index (κ1) is 35.2. The zero-order valence-corrected chi connectivity index (χ0v) is 28.4. The molecule has 2 aromatic carbocycles. The van der Waals surface area contributed by atoms with Gasteiger partial charge in [-0.25, -0.2) is 9.13 Å². The third-order valence-corrected chi connectivity index (χ3v) is 10.8. The Kier molecular flexibility index (Phi) is 10.4. The number of nitrogens with zero attached hydrogens (tertiary/aromatic N) is 4. The number of fused-ring (bicyclic) bond motifs is 2. The average Bonchev–Trinajstić information content (AvgIpc) is 3.35. The van der Waals surface area contributed by atoms with Crippen LogP contribution in [0, 0.1) is 0 Å². The van der Waals surface area contributed by atoms with Gasteiger partial charge < -0.3 is 9.80 Å². The van der Waals surface area contributed by atoms with Crippen molar-refractivity contribution < 1.29 is 43.7 Å². The second-order valence-corrected chi connectivity index (χ2v) is 15.2. The molecule has 1 aliphatic rings. The zero-order chi connectivity index (χ0) is 33.5. The molecule has 1 atom stereocenters. The van der Waals surface area contributed by atoms with Crippen LogP contribution in [-0.4, -0.2) is 54.6 Å². The van der Waals surface area contributed by atoms with Crippen molar-refractivity contribution in [3.63, 3.8) is 0 Å². The number of rotatable bonds is 11. The van der Waals surface area contributed by atoms with Gasteiger partial charge in [0.15, 0.2) is 11.0 Å². The van der Waals surface area contributed by atoms with Crippen LogP contribution < -0.4 is 14.4 Å². The number of hydrogen-bond donors (Lipinski definition) is 2. The van der Waals surface area contributed by atoms with Gasteiger partial charge >= 0.3 is 6.18 Å². The lowest BCUT2D eigenvalue weighted by molar-refractivity contribution is -0.647. The highest BCUT2D eigenvalue weighted by molar-refractivity contribution is 9.10. The molecule has 0 amide bonds. The van der Waals surface area contributed by atoms with Gasteiger partial charge in [0.2, 0.25) is 0 Å². The van der Waals surface area contributed by atoms with Gasteiger partial charge in [0.05, 0.1) is 46.6 Å². The lowest BCUT2D eigenvalue weighted by Gasteiger charge is -2.25. The number of aryl methyl sites for hydroxylation is 2. The first-order valence-corrected chi connectivity index (χ1v) is 18.0. The largest absolute Gasteiger partial charge is 0.416 e. The molecule has 3 aromatic rings. The molecule has 17 heteroatoms. The first-order valence-electron chi connectivity index (χ1n) is 13.8. The molecule has 0 fully saturated rings. The van der Waals surface area contributed by atoms with Crippen LogP contribution in [0.2, 0.25) is 5.02 Å². The molecular formula is C28H32BrClF3N4O6S2+. The predicted octanol–water partition coefficient (Wildman–Crippen LogP) is 6.05. The number of halogens is 5. The van der Waals surface area contributed by atoms with E-state index in [1.54, 1.807) is 40.5 Å².